The van der Waals surface area contributed by atoms with Gasteiger partial charge in [-0.15, -0.1) is 0 Å². The van der Waals surface area contributed by atoms with Crippen LogP contribution in [0.2, 0.25) is 0 Å². The van der Waals surface area contributed by atoms with Crippen molar-refractivity contribution in [2.24, 2.45) is 0 Å². The fourth-order valence-corrected chi connectivity index (χ4v) is 3.08. The van der Waals surface area contributed by atoms with Crippen LogP contribution in [0, 0.1) is 0 Å². The highest BCUT2D eigenvalue weighted by Crippen LogP contribution is 2.29. The molecule has 0 atom stereocenters. The molecular formula is C16H24BrNO. The molecule has 2 rings (SSSR count). The Kier molecular flexibility index (Phi) is 6.18. The number of hydrogen-bond acceptors (Lipinski definition) is 2. The van der Waals surface area contributed by atoms with Crippen molar-refractivity contribution >= 4 is 15.9 Å². The zero-order valence-electron chi connectivity index (χ0n) is 11.8. The van der Waals surface area contributed by atoms with Crippen molar-refractivity contribution in [3.8, 4) is 5.75 Å². The van der Waals surface area contributed by atoms with Crippen molar-refractivity contribution in [2.75, 3.05) is 6.54 Å². The zero-order valence-corrected chi connectivity index (χ0v) is 13.3. The number of hydrogen-bond donors (Lipinski definition) is 1. The molecule has 0 heterocycles. The predicted octanol–water partition coefficient (Wildman–Crippen LogP) is 4.66. The molecule has 1 aliphatic rings. The Bertz CT molecular complexity index is 386. The summed E-state index contributed by atoms with van der Waals surface area (Å²) in [4.78, 5) is 0. The third kappa shape index (κ3) is 4.81. The summed E-state index contributed by atoms with van der Waals surface area (Å²) in [5, 5.41) is 3.34. The molecule has 1 N–H and O–H groups in total. The van der Waals surface area contributed by atoms with Gasteiger partial charge in [0.1, 0.15) is 5.75 Å². The first-order valence-corrected chi connectivity index (χ1v) is 8.24. The van der Waals surface area contributed by atoms with Gasteiger partial charge in [-0.25, -0.2) is 0 Å². The molecule has 0 spiro atoms. The van der Waals surface area contributed by atoms with Crippen LogP contribution in [0.3, 0.4) is 0 Å². The van der Waals surface area contributed by atoms with Crippen molar-refractivity contribution in [3.63, 3.8) is 0 Å². The van der Waals surface area contributed by atoms with Gasteiger partial charge in [0, 0.05) is 6.54 Å². The molecule has 0 aromatic heterocycles. The standard InChI is InChI=1S/C16H24BrNO/c1-2-18-12-13-9-10-16(15(17)11-13)19-14-7-5-3-4-6-8-14/h9-11,14,18H,2-8,12H2,1H3. The van der Waals surface area contributed by atoms with E-state index in [0.717, 1.165) is 23.3 Å². The fraction of sp³-hybridized carbons (Fsp3) is 0.625. The number of halogens is 1. The summed E-state index contributed by atoms with van der Waals surface area (Å²) in [6.07, 6.45) is 8.14. The number of ether oxygens (including phenoxy) is 1. The third-order valence-corrected chi connectivity index (χ3v) is 4.29. The molecule has 0 bridgehead atoms. The highest BCUT2D eigenvalue weighted by atomic mass is 79.9. The van der Waals surface area contributed by atoms with E-state index in [1.54, 1.807) is 0 Å². The first kappa shape index (κ1) is 14.9. The molecule has 1 aliphatic carbocycles. The Balaban J connectivity index is 1.95. The number of nitrogens with one attached hydrogen (secondary N) is 1. The lowest BCUT2D eigenvalue weighted by atomic mass is 10.1. The maximum absolute atomic E-state index is 6.16. The van der Waals surface area contributed by atoms with Gasteiger partial charge in [-0.2, -0.15) is 0 Å². The van der Waals surface area contributed by atoms with Gasteiger partial charge in [0.25, 0.3) is 0 Å². The van der Waals surface area contributed by atoms with Crippen LogP contribution in [0.5, 0.6) is 5.75 Å². The Hall–Kier alpha value is -0.540. The molecule has 0 aliphatic heterocycles. The molecule has 0 unspecified atom stereocenters. The molecule has 0 amide bonds. The molecule has 1 aromatic rings. The first-order valence-electron chi connectivity index (χ1n) is 7.45. The molecule has 0 saturated heterocycles. The SMILES string of the molecule is CCNCc1ccc(OC2CCCCCC2)c(Br)c1. The summed E-state index contributed by atoms with van der Waals surface area (Å²) in [5.74, 6) is 0.993. The van der Waals surface area contributed by atoms with Gasteiger partial charge in [0.2, 0.25) is 0 Å². The zero-order chi connectivity index (χ0) is 13.5. The lowest BCUT2D eigenvalue weighted by Gasteiger charge is -2.18. The summed E-state index contributed by atoms with van der Waals surface area (Å²) in [5.41, 5.74) is 1.29. The Morgan fingerprint density at radius 1 is 1.21 bits per heavy atom. The summed E-state index contributed by atoms with van der Waals surface area (Å²) in [6, 6.07) is 6.41. The average Bonchev–Trinajstić information content (AvgIpc) is 2.68. The normalized spacial score (nSPS) is 17.2. The fourth-order valence-electron chi connectivity index (χ4n) is 2.56. The summed E-state index contributed by atoms with van der Waals surface area (Å²) in [6.45, 7) is 4.04. The van der Waals surface area contributed by atoms with Crippen molar-refractivity contribution in [2.45, 2.75) is 58.1 Å². The largest absolute Gasteiger partial charge is 0.489 e. The van der Waals surface area contributed by atoms with E-state index in [1.807, 2.05) is 0 Å². The van der Waals surface area contributed by atoms with E-state index in [9.17, 15) is 0 Å². The highest BCUT2D eigenvalue weighted by molar-refractivity contribution is 9.10. The van der Waals surface area contributed by atoms with Crippen LogP contribution >= 0.6 is 15.9 Å². The van der Waals surface area contributed by atoms with E-state index in [2.05, 4.69) is 46.4 Å². The molecule has 1 aromatic carbocycles. The van der Waals surface area contributed by atoms with Gasteiger partial charge in [-0.05, 0) is 65.9 Å². The second-order valence-corrected chi connectivity index (χ2v) is 6.13. The Morgan fingerprint density at radius 2 is 1.95 bits per heavy atom. The van der Waals surface area contributed by atoms with Crippen LogP contribution in [-0.4, -0.2) is 12.6 Å². The van der Waals surface area contributed by atoms with Crippen molar-refractivity contribution in [1.29, 1.82) is 0 Å². The van der Waals surface area contributed by atoms with Crippen LogP contribution in [0.25, 0.3) is 0 Å². The molecule has 3 heteroatoms. The van der Waals surface area contributed by atoms with Crippen molar-refractivity contribution < 1.29 is 4.74 Å². The molecular weight excluding hydrogens is 302 g/mol. The van der Waals surface area contributed by atoms with E-state index in [-0.39, 0.29) is 0 Å². The van der Waals surface area contributed by atoms with Gasteiger partial charge in [0.05, 0.1) is 10.6 Å². The number of benzene rings is 1. The molecule has 1 fully saturated rings. The third-order valence-electron chi connectivity index (χ3n) is 3.67. The van der Waals surface area contributed by atoms with Crippen LogP contribution in [-0.2, 0) is 6.54 Å². The predicted molar refractivity (Wildman–Crippen MR) is 83.6 cm³/mol. The van der Waals surface area contributed by atoms with Crippen molar-refractivity contribution in [3.05, 3.63) is 28.2 Å². The molecule has 0 radical (unpaired) electrons. The van der Waals surface area contributed by atoms with E-state index >= 15 is 0 Å². The van der Waals surface area contributed by atoms with Crippen LogP contribution in [0.15, 0.2) is 22.7 Å². The Morgan fingerprint density at radius 3 is 2.58 bits per heavy atom. The number of rotatable bonds is 5. The summed E-state index contributed by atoms with van der Waals surface area (Å²) in [7, 11) is 0. The van der Waals surface area contributed by atoms with E-state index in [1.165, 1.54) is 44.1 Å². The second-order valence-electron chi connectivity index (χ2n) is 5.28. The summed E-state index contributed by atoms with van der Waals surface area (Å²) >= 11 is 3.63. The lowest BCUT2D eigenvalue weighted by Crippen LogP contribution is -2.15. The minimum atomic E-state index is 0.401. The van der Waals surface area contributed by atoms with Gasteiger partial charge in [-0.3, -0.25) is 0 Å². The van der Waals surface area contributed by atoms with Crippen LogP contribution in [0.4, 0.5) is 0 Å². The first-order chi connectivity index (χ1) is 9.29. The van der Waals surface area contributed by atoms with Gasteiger partial charge < -0.3 is 10.1 Å². The van der Waals surface area contributed by atoms with Gasteiger partial charge >= 0.3 is 0 Å². The second kappa shape index (κ2) is 7.91. The molecule has 1 saturated carbocycles. The van der Waals surface area contributed by atoms with Crippen LogP contribution in [0.1, 0.15) is 51.0 Å². The summed E-state index contributed by atoms with van der Waals surface area (Å²) < 4.78 is 7.23. The highest BCUT2D eigenvalue weighted by Gasteiger charge is 2.15. The van der Waals surface area contributed by atoms with E-state index < -0.39 is 0 Å². The monoisotopic (exact) mass is 325 g/mol. The average molecular weight is 326 g/mol. The Labute approximate surface area is 125 Å². The smallest absolute Gasteiger partial charge is 0.133 e. The van der Waals surface area contributed by atoms with Gasteiger partial charge in [0.15, 0.2) is 0 Å². The maximum atomic E-state index is 6.16. The topological polar surface area (TPSA) is 21.3 Å². The quantitative estimate of drug-likeness (QED) is 0.795. The molecule has 106 valence electrons. The van der Waals surface area contributed by atoms with E-state index in [0.29, 0.717) is 6.10 Å². The minimum Gasteiger partial charge on any atom is -0.489 e. The molecule has 2 nitrogen and oxygen atoms in total. The maximum Gasteiger partial charge on any atom is 0.133 e. The molecule has 19 heavy (non-hydrogen) atoms. The van der Waals surface area contributed by atoms with Crippen molar-refractivity contribution in [1.82, 2.24) is 5.32 Å². The van der Waals surface area contributed by atoms with Gasteiger partial charge in [-0.1, -0.05) is 25.8 Å². The lowest BCUT2D eigenvalue weighted by molar-refractivity contribution is 0.182. The van der Waals surface area contributed by atoms with E-state index in [4.69, 9.17) is 4.74 Å². The van der Waals surface area contributed by atoms with Crippen LogP contribution < -0.4 is 10.1 Å². The minimum absolute atomic E-state index is 0.401.